The molecule has 1 heterocycles. The molecule has 2 aromatic rings. The second kappa shape index (κ2) is 6.78. The van der Waals surface area contributed by atoms with E-state index in [2.05, 4.69) is 10.4 Å². The van der Waals surface area contributed by atoms with Gasteiger partial charge in [-0.15, -0.1) is 0 Å². The van der Waals surface area contributed by atoms with E-state index < -0.39 is 5.60 Å². The van der Waals surface area contributed by atoms with Crippen molar-refractivity contribution in [1.29, 1.82) is 0 Å². The Balaban J connectivity index is 1.67. The van der Waals surface area contributed by atoms with Crippen molar-refractivity contribution < 1.29 is 9.57 Å². The van der Waals surface area contributed by atoms with Gasteiger partial charge in [0.15, 0.2) is 5.60 Å². The monoisotopic (exact) mass is 390 g/mol. The predicted molar refractivity (Wildman–Crippen MR) is 104 cm³/mol. The molecule has 0 aromatic heterocycles. The van der Waals surface area contributed by atoms with Crippen LogP contribution in [0.15, 0.2) is 48.0 Å². The number of rotatable bonds is 6. The lowest BCUT2D eigenvalue weighted by molar-refractivity contribution is 0.0651. The molecule has 1 atom stereocenters. The van der Waals surface area contributed by atoms with Crippen LogP contribution in [0.25, 0.3) is 5.70 Å². The molecule has 1 aliphatic heterocycles. The Morgan fingerprint density at radius 3 is 2.58 bits per heavy atom. The van der Waals surface area contributed by atoms with Crippen LogP contribution in [0.5, 0.6) is 5.75 Å². The zero-order valence-electron chi connectivity index (χ0n) is 14.7. The van der Waals surface area contributed by atoms with Crippen LogP contribution in [-0.2, 0) is 10.4 Å². The number of likely N-dealkylation sites (N-methyl/N-ethyl adjacent to an activating group) is 1. The molecule has 0 bridgehead atoms. The molecule has 1 saturated carbocycles. The highest BCUT2D eigenvalue weighted by atomic mass is 35.5. The molecule has 136 valence electrons. The summed E-state index contributed by atoms with van der Waals surface area (Å²) in [6, 6.07) is 13.5. The van der Waals surface area contributed by atoms with Gasteiger partial charge in [-0.05, 0) is 44.4 Å². The summed E-state index contributed by atoms with van der Waals surface area (Å²) in [6.45, 7) is 1.42. The number of hydrogen-bond acceptors (Lipinski definition) is 4. The van der Waals surface area contributed by atoms with E-state index >= 15 is 0 Å². The van der Waals surface area contributed by atoms with Crippen LogP contribution in [0.3, 0.4) is 0 Å². The average molecular weight is 391 g/mol. The lowest BCUT2D eigenvalue weighted by Crippen LogP contribution is -2.26. The summed E-state index contributed by atoms with van der Waals surface area (Å²) < 4.78 is 6.39. The maximum Gasteiger partial charge on any atom is 0.162 e. The van der Waals surface area contributed by atoms with Gasteiger partial charge in [-0.25, -0.2) is 0 Å². The fraction of sp³-hybridized carbons (Fsp3) is 0.300. The maximum absolute atomic E-state index is 6.39. The van der Waals surface area contributed by atoms with Crippen LogP contribution in [0, 0.1) is 0 Å². The van der Waals surface area contributed by atoms with Crippen LogP contribution < -0.4 is 10.2 Å². The molecule has 6 heteroatoms. The minimum absolute atomic E-state index is 0.463. The highest BCUT2D eigenvalue weighted by Gasteiger charge is 2.58. The number of hydroxylamine groups is 1. The Labute approximate surface area is 163 Å². The Hall–Kier alpha value is -1.72. The molecule has 2 aromatic carbocycles. The molecular formula is C20H20Cl2N2O2. The van der Waals surface area contributed by atoms with E-state index in [4.69, 9.17) is 32.8 Å². The molecule has 1 unspecified atom stereocenters. The molecule has 1 fully saturated rings. The minimum atomic E-state index is -0.463. The SMILES string of the molecule is CN(C)CCONC1=C2CC2(c2ccc(Cl)cc2)Oc2cc(Cl)ccc21. The van der Waals surface area contributed by atoms with Crippen molar-refractivity contribution in [2.45, 2.75) is 12.0 Å². The summed E-state index contributed by atoms with van der Waals surface area (Å²) >= 11 is 12.2. The molecule has 0 amide bonds. The van der Waals surface area contributed by atoms with Gasteiger partial charge in [0, 0.05) is 39.7 Å². The van der Waals surface area contributed by atoms with Crippen molar-refractivity contribution in [1.82, 2.24) is 10.4 Å². The molecule has 0 saturated heterocycles. The molecule has 1 aliphatic carbocycles. The predicted octanol–water partition coefficient (Wildman–Crippen LogP) is 4.48. The van der Waals surface area contributed by atoms with Crippen molar-refractivity contribution in [3.63, 3.8) is 0 Å². The van der Waals surface area contributed by atoms with Crippen molar-refractivity contribution in [2.24, 2.45) is 0 Å². The second-order valence-electron chi connectivity index (χ2n) is 6.86. The lowest BCUT2D eigenvalue weighted by Gasteiger charge is -2.27. The standard InChI is InChI=1S/C20H20Cl2N2O2/c1-24(2)9-10-25-23-19-16-8-7-15(22)11-18(16)26-20(12-17(19)20)13-3-5-14(21)6-4-13/h3-8,11,23H,9-10,12H2,1-2H3. The fourth-order valence-electron chi connectivity index (χ4n) is 3.25. The number of nitrogens with one attached hydrogen (secondary N) is 1. The Morgan fingerprint density at radius 1 is 1.12 bits per heavy atom. The van der Waals surface area contributed by atoms with Crippen LogP contribution in [-0.4, -0.2) is 32.1 Å². The summed E-state index contributed by atoms with van der Waals surface area (Å²) in [6.07, 6.45) is 0.806. The summed E-state index contributed by atoms with van der Waals surface area (Å²) in [5.74, 6) is 0.757. The molecule has 26 heavy (non-hydrogen) atoms. The normalized spacial score (nSPS) is 20.5. The third kappa shape index (κ3) is 3.19. The van der Waals surface area contributed by atoms with Gasteiger partial charge in [-0.3, -0.25) is 10.3 Å². The third-order valence-corrected chi connectivity index (χ3v) is 5.20. The van der Waals surface area contributed by atoms with E-state index in [1.165, 1.54) is 5.57 Å². The third-order valence-electron chi connectivity index (χ3n) is 4.71. The Bertz CT molecular complexity index is 865. The number of hydrogen-bond donors (Lipinski definition) is 1. The largest absolute Gasteiger partial charge is 0.477 e. The fourth-order valence-corrected chi connectivity index (χ4v) is 3.54. The highest BCUT2D eigenvalue weighted by Crippen LogP contribution is 2.61. The van der Waals surface area contributed by atoms with E-state index in [0.29, 0.717) is 16.7 Å². The quantitative estimate of drug-likeness (QED) is 0.582. The van der Waals surface area contributed by atoms with Gasteiger partial charge in [-0.1, -0.05) is 35.3 Å². The molecular weight excluding hydrogens is 371 g/mol. The van der Waals surface area contributed by atoms with Crippen molar-refractivity contribution >= 4 is 28.9 Å². The first-order valence-electron chi connectivity index (χ1n) is 8.51. The Kier molecular flexibility index (Phi) is 4.61. The summed E-state index contributed by atoms with van der Waals surface area (Å²) in [5.41, 5.74) is 6.89. The summed E-state index contributed by atoms with van der Waals surface area (Å²) in [7, 11) is 4.03. The lowest BCUT2D eigenvalue weighted by atomic mass is 10.0. The molecule has 0 spiro atoms. The van der Waals surface area contributed by atoms with Crippen LogP contribution in [0.4, 0.5) is 0 Å². The highest BCUT2D eigenvalue weighted by molar-refractivity contribution is 6.31. The van der Waals surface area contributed by atoms with E-state index in [9.17, 15) is 0 Å². The smallest absolute Gasteiger partial charge is 0.162 e. The van der Waals surface area contributed by atoms with E-state index in [1.54, 1.807) is 0 Å². The first kappa shape index (κ1) is 17.7. The summed E-state index contributed by atoms with van der Waals surface area (Å²) in [4.78, 5) is 7.78. The Morgan fingerprint density at radius 2 is 1.85 bits per heavy atom. The van der Waals surface area contributed by atoms with Crippen molar-refractivity contribution in [3.8, 4) is 5.75 Å². The van der Waals surface area contributed by atoms with E-state index in [-0.39, 0.29) is 0 Å². The van der Waals surface area contributed by atoms with Crippen LogP contribution in [0.2, 0.25) is 10.0 Å². The van der Waals surface area contributed by atoms with Crippen molar-refractivity contribution in [3.05, 3.63) is 69.2 Å². The number of nitrogens with zero attached hydrogens (tertiary/aromatic N) is 1. The van der Waals surface area contributed by atoms with Gasteiger partial charge < -0.3 is 9.64 Å². The summed E-state index contributed by atoms with van der Waals surface area (Å²) in [5, 5.41) is 1.35. The molecule has 2 aliphatic rings. The minimum Gasteiger partial charge on any atom is -0.477 e. The van der Waals surface area contributed by atoms with Crippen molar-refractivity contribution in [2.75, 3.05) is 27.2 Å². The van der Waals surface area contributed by atoms with Gasteiger partial charge in [-0.2, -0.15) is 0 Å². The van der Waals surface area contributed by atoms with Gasteiger partial charge >= 0.3 is 0 Å². The molecule has 4 rings (SSSR count). The first-order chi connectivity index (χ1) is 12.5. The average Bonchev–Trinajstić information content (AvgIpc) is 3.33. The van der Waals surface area contributed by atoms with E-state index in [1.807, 2.05) is 56.6 Å². The zero-order chi connectivity index (χ0) is 18.3. The van der Waals surface area contributed by atoms with Gasteiger partial charge in [0.2, 0.25) is 0 Å². The number of ether oxygens (including phenoxy) is 1. The maximum atomic E-state index is 6.39. The number of benzene rings is 2. The first-order valence-corrected chi connectivity index (χ1v) is 9.26. The van der Waals surface area contributed by atoms with Gasteiger partial charge in [0.05, 0.1) is 12.3 Å². The zero-order valence-corrected chi connectivity index (χ0v) is 16.2. The van der Waals surface area contributed by atoms with Crippen LogP contribution >= 0.6 is 23.2 Å². The number of fused-ring (bicyclic) bond motifs is 2. The topological polar surface area (TPSA) is 33.7 Å². The molecule has 4 nitrogen and oxygen atoms in total. The van der Waals surface area contributed by atoms with Gasteiger partial charge in [0.25, 0.3) is 0 Å². The van der Waals surface area contributed by atoms with Crippen LogP contribution in [0.1, 0.15) is 17.5 Å². The second-order valence-corrected chi connectivity index (χ2v) is 7.73. The van der Waals surface area contributed by atoms with Gasteiger partial charge in [0.1, 0.15) is 5.75 Å². The molecule has 1 N–H and O–H groups in total. The van der Waals surface area contributed by atoms with E-state index in [0.717, 1.165) is 35.5 Å². The number of halogens is 2. The molecule has 0 radical (unpaired) electrons.